The predicted octanol–water partition coefficient (Wildman–Crippen LogP) is 1.06. The first-order valence-electron chi connectivity index (χ1n) is 3.29. The van der Waals surface area contributed by atoms with Gasteiger partial charge in [-0.2, -0.15) is 0 Å². The van der Waals surface area contributed by atoms with Crippen molar-refractivity contribution >= 4 is 0 Å². The van der Waals surface area contributed by atoms with Crippen LogP contribution in [0.25, 0.3) is 0 Å². The van der Waals surface area contributed by atoms with Crippen molar-refractivity contribution in [3.63, 3.8) is 0 Å². The van der Waals surface area contributed by atoms with E-state index in [4.69, 9.17) is 9.47 Å². The van der Waals surface area contributed by atoms with Crippen molar-refractivity contribution in [2.45, 2.75) is 20.0 Å². The average molecular weight is 130 g/mol. The molecule has 1 aliphatic rings. The Labute approximate surface area is 56.2 Å². The normalized spacial score (nSPS) is 27.0. The fourth-order valence-corrected chi connectivity index (χ4v) is 0.943. The molecule has 9 heavy (non-hydrogen) atoms. The van der Waals surface area contributed by atoms with Gasteiger partial charge in [0.05, 0.1) is 19.3 Å². The molecule has 1 saturated heterocycles. The minimum absolute atomic E-state index is 0.286. The van der Waals surface area contributed by atoms with Crippen molar-refractivity contribution in [1.29, 1.82) is 0 Å². The van der Waals surface area contributed by atoms with Gasteiger partial charge in [-0.1, -0.05) is 6.92 Å². The van der Waals surface area contributed by atoms with Gasteiger partial charge in [0.2, 0.25) is 0 Å². The summed E-state index contributed by atoms with van der Waals surface area (Å²) in [5, 5.41) is 0. The molecule has 1 unspecified atom stereocenters. The van der Waals surface area contributed by atoms with E-state index in [2.05, 4.69) is 13.8 Å². The minimum atomic E-state index is 0.286. The third kappa shape index (κ3) is 1.10. The first-order valence-corrected chi connectivity index (χ1v) is 3.29. The highest BCUT2D eigenvalue weighted by molar-refractivity contribution is 4.86. The predicted molar refractivity (Wildman–Crippen MR) is 35.4 cm³/mol. The molecule has 0 radical (unpaired) electrons. The Bertz CT molecular complexity index is 97.1. The first-order chi connectivity index (χ1) is 4.19. The molecule has 1 aliphatic heterocycles. The van der Waals surface area contributed by atoms with Gasteiger partial charge in [0.15, 0.2) is 0 Å². The van der Waals surface area contributed by atoms with Crippen molar-refractivity contribution in [3.8, 4) is 0 Å². The molecule has 1 atom stereocenters. The molecule has 0 aromatic heterocycles. The maximum atomic E-state index is 5.18. The standard InChI is InChI=1S/C7H14O2/c1-6(8-3)7(2)4-9-5-7/h6H,4-5H2,1-3H3. The number of hydrogen-bond donors (Lipinski definition) is 0. The van der Waals surface area contributed by atoms with Gasteiger partial charge in [-0.05, 0) is 6.92 Å². The number of hydrogen-bond acceptors (Lipinski definition) is 2. The highest BCUT2D eigenvalue weighted by Crippen LogP contribution is 2.31. The zero-order valence-electron chi connectivity index (χ0n) is 6.31. The van der Waals surface area contributed by atoms with Gasteiger partial charge in [-0.15, -0.1) is 0 Å². The van der Waals surface area contributed by atoms with E-state index in [1.54, 1.807) is 7.11 Å². The third-order valence-electron chi connectivity index (χ3n) is 2.20. The molecular formula is C7H14O2. The Morgan fingerprint density at radius 2 is 2.11 bits per heavy atom. The van der Waals surface area contributed by atoms with E-state index in [0.717, 1.165) is 13.2 Å². The van der Waals surface area contributed by atoms with Gasteiger partial charge in [0.25, 0.3) is 0 Å². The summed E-state index contributed by atoms with van der Waals surface area (Å²) in [6.45, 7) is 5.97. The molecule has 0 bridgehead atoms. The van der Waals surface area contributed by atoms with E-state index in [9.17, 15) is 0 Å². The summed E-state index contributed by atoms with van der Waals surface area (Å²) in [5.41, 5.74) is 0.286. The Kier molecular flexibility index (Phi) is 1.78. The average Bonchev–Trinajstić information content (AvgIpc) is 1.81. The van der Waals surface area contributed by atoms with Crippen LogP contribution < -0.4 is 0 Å². The molecule has 54 valence electrons. The van der Waals surface area contributed by atoms with Gasteiger partial charge in [-0.25, -0.2) is 0 Å². The quantitative estimate of drug-likeness (QED) is 0.556. The van der Waals surface area contributed by atoms with Crippen LogP contribution in [-0.2, 0) is 9.47 Å². The minimum Gasteiger partial charge on any atom is -0.381 e. The summed E-state index contributed by atoms with van der Waals surface area (Å²) < 4.78 is 10.3. The Morgan fingerprint density at radius 1 is 1.56 bits per heavy atom. The molecule has 0 N–H and O–H groups in total. The maximum Gasteiger partial charge on any atom is 0.0640 e. The smallest absolute Gasteiger partial charge is 0.0640 e. The van der Waals surface area contributed by atoms with E-state index < -0.39 is 0 Å². The van der Waals surface area contributed by atoms with Crippen LogP contribution in [0, 0.1) is 5.41 Å². The van der Waals surface area contributed by atoms with Crippen LogP contribution in [0.15, 0.2) is 0 Å². The molecular weight excluding hydrogens is 116 g/mol. The van der Waals surface area contributed by atoms with Gasteiger partial charge in [-0.3, -0.25) is 0 Å². The SMILES string of the molecule is COC(C)C1(C)COC1. The Morgan fingerprint density at radius 3 is 2.22 bits per heavy atom. The van der Waals surface area contributed by atoms with Gasteiger partial charge >= 0.3 is 0 Å². The molecule has 2 nitrogen and oxygen atoms in total. The van der Waals surface area contributed by atoms with Crippen LogP contribution in [0.3, 0.4) is 0 Å². The summed E-state index contributed by atoms with van der Waals surface area (Å²) >= 11 is 0. The van der Waals surface area contributed by atoms with Crippen molar-refractivity contribution in [3.05, 3.63) is 0 Å². The van der Waals surface area contributed by atoms with E-state index in [1.165, 1.54) is 0 Å². The maximum absolute atomic E-state index is 5.18. The van der Waals surface area contributed by atoms with Crippen LogP contribution in [0.5, 0.6) is 0 Å². The Balaban J connectivity index is 2.38. The summed E-state index contributed by atoms with van der Waals surface area (Å²) in [7, 11) is 1.74. The van der Waals surface area contributed by atoms with Crippen LogP contribution in [0.1, 0.15) is 13.8 Å². The molecule has 2 heteroatoms. The lowest BCUT2D eigenvalue weighted by Gasteiger charge is -2.41. The van der Waals surface area contributed by atoms with Crippen molar-refractivity contribution in [2.24, 2.45) is 5.41 Å². The Hall–Kier alpha value is -0.0800. The number of rotatable bonds is 2. The largest absolute Gasteiger partial charge is 0.381 e. The van der Waals surface area contributed by atoms with Crippen LogP contribution in [-0.4, -0.2) is 26.4 Å². The van der Waals surface area contributed by atoms with Crippen molar-refractivity contribution < 1.29 is 9.47 Å². The summed E-state index contributed by atoms with van der Waals surface area (Å²) in [4.78, 5) is 0. The topological polar surface area (TPSA) is 18.5 Å². The molecule has 0 aliphatic carbocycles. The highest BCUT2D eigenvalue weighted by Gasteiger charge is 2.38. The lowest BCUT2D eigenvalue weighted by Crippen LogP contribution is -2.48. The number of ether oxygens (including phenoxy) is 2. The zero-order chi connectivity index (χ0) is 6.91. The van der Waals surface area contributed by atoms with Crippen molar-refractivity contribution in [2.75, 3.05) is 20.3 Å². The fourth-order valence-electron chi connectivity index (χ4n) is 0.943. The molecule has 1 heterocycles. The third-order valence-corrected chi connectivity index (χ3v) is 2.20. The second kappa shape index (κ2) is 2.27. The molecule has 0 aromatic rings. The van der Waals surface area contributed by atoms with E-state index in [-0.39, 0.29) is 5.41 Å². The second-order valence-corrected chi connectivity index (χ2v) is 3.02. The molecule has 1 rings (SSSR count). The molecule has 1 fully saturated rings. The molecule has 0 saturated carbocycles. The first kappa shape index (κ1) is 7.03. The summed E-state index contributed by atoms with van der Waals surface area (Å²) in [6.07, 6.45) is 0.325. The van der Waals surface area contributed by atoms with E-state index >= 15 is 0 Å². The lowest BCUT2D eigenvalue weighted by atomic mass is 9.83. The summed E-state index contributed by atoms with van der Waals surface area (Å²) in [5.74, 6) is 0. The van der Waals surface area contributed by atoms with E-state index in [0.29, 0.717) is 6.10 Å². The zero-order valence-corrected chi connectivity index (χ0v) is 6.31. The van der Waals surface area contributed by atoms with Gasteiger partial charge in [0, 0.05) is 12.5 Å². The second-order valence-electron chi connectivity index (χ2n) is 3.02. The van der Waals surface area contributed by atoms with Crippen LogP contribution in [0.4, 0.5) is 0 Å². The molecule has 0 spiro atoms. The van der Waals surface area contributed by atoms with Crippen LogP contribution in [0.2, 0.25) is 0 Å². The monoisotopic (exact) mass is 130 g/mol. The van der Waals surface area contributed by atoms with Crippen molar-refractivity contribution in [1.82, 2.24) is 0 Å². The molecule has 0 amide bonds. The number of methoxy groups -OCH3 is 1. The van der Waals surface area contributed by atoms with Crippen LogP contribution >= 0.6 is 0 Å². The molecule has 0 aromatic carbocycles. The highest BCUT2D eigenvalue weighted by atomic mass is 16.5. The van der Waals surface area contributed by atoms with E-state index in [1.807, 2.05) is 0 Å². The summed E-state index contributed by atoms with van der Waals surface area (Å²) in [6, 6.07) is 0. The van der Waals surface area contributed by atoms with Gasteiger partial charge in [0.1, 0.15) is 0 Å². The fraction of sp³-hybridized carbons (Fsp3) is 1.00. The van der Waals surface area contributed by atoms with Gasteiger partial charge < -0.3 is 9.47 Å². The lowest BCUT2D eigenvalue weighted by molar-refractivity contribution is -0.164.